The number of carbonyl (C=O) groups is 1. The lowest BCUT2D eigenvalue weighted by molar-refractivity contribution is -0.115. The molecule has 4 heteroatoms. The van der Waals surface area contributed by atoms with Crippen LogP contribution in [0.25, 0.3) is 0 Å². The third kappa shape index (κ3) is 3.35. The van der Waals surface area contributed by atoms with E-state index in [0.29, 0.717) is 6.54 Å². The van der Waals surface area contributed by atoms with Crippen LogP contribution in [-0.2, 0) is 11.3 Å². The lowest BCUT2D eigenvalue weighted by Gasteiger charge is -2.06. The molecule has 1 aromatic rings. The molecule has 0 radical (unpaired) electrons. The predicted molar refractivity (Wildman–Crippen MR) is 65.3 cm³/mol. The number of carbonyl (C=O) groups excluding carboxylic acids is 1. The van der Waals surface area contributed by atoms with Gasteiger partial charge in [-0.25, -0.2) is 0 Å². The first-order valence-electron chi connectivity index (χ1n) is 6.03. The van der Waals surface area contributed by atoms with Crippen molar-refractivity contribution in [2.24, 2.45) is 0 Å². The molecule has 0 unspecified atom stereocenters. The summed E-state index contributed by atoms with van der Waals surface area (Å²) in [7, 11) is 0. The molecule has 4 nitrogen and oxygen atoms in total. The van der Waals surface area contributed by atoms with E-state index < -0.39 is 0 Å². The Morgan fingerprint density at radius 3 is 3.18 bits per heavy atom. The maximum atomic E-state index is 11.1. The molecule has 2 rings (SSSR count). The van der Waals surface area contributed by atoms with Gasteiger partial charge in [0.2, 0.25) is 0 Å². The van der Waals surface area contributed by atoms with Gasteiger partial charge in [-0.2, -0.15) is 5.10 Å². The summed E-state index contributed by atoms with van der Waals surface area (Å²) in [5, 5.41) is 7.06. The van der Waals surface area contributed by atoms with E-state index in [-0.39, 0.29) is 5.91 Å². The molecular weight excluding hydrogens is 214 g/mol. The zero-order valence-electron chi connectivity index (χ0n) is 10.1. The van der Waals surface area contributed by atoms with Gasteiger partial charge in [0, 0.05) is 30.9 Å². The SMILES string of the molecule is CC#CC(=O)NCCCn1nccc1C1CC1. The standard InChI is InChI=1S/C13H17N3O/c1-2-4-13(17)14-8-3-10-16-12(7-9-15-16)11-5-6-11/h7,9,11H,3,5-6,8,10H2,1H3,(H,14,17). The molecule has 17 heavy (non-hydrogen) atoms. The summed E-state index contributed by atoms with van der Waals surface area (Å²) >= 11 is 0. The van der Waals surface area contributed by atoms with Crippen molar-refractivity contribution in [3.63, 3.8) is 0 Å². The summed E-state index contributed by atoms with van der Waals surface area (Å²) in [4.78, 5) is 11.1. The fourth-order valence-electron chi connectivity index (χ4n) is 1.84. The van der Waals surface area contributed by atoms with Crippen LogP contribution in [0.15, 0.2) is 12.3 Å². The van der Waals surface area contributed by atoms with E-state index in [2.05, 4.69) is 33.0 Å². The third-order valence-corrected chi connectivity index (χ3v) is 2.82. The topological polar surface area (TPSA) is 46.9 Å². The number of amides is 1. The molecule has 1 heterocycles. The first kappa shape index (κ1) is 11.7. The van der Waals surface area contributed by atoms with Crippen LogP contribution < -0.4 is 5.32 Å². The average Bonchev–Trinajstić information content (AvgIpc) is 3.05. The van der Waals surface area contributed by atoms with Crippen LogP contribution in [0.4, 0.5) is 0 Å². The minimum atomic E-state index is -0.199. The van der Waals surface area contributed by atoms with Crippen molar-refractivity contribution in [2.75, 3.05) is 6.54 Å². The van der Waals surface area contributed by atoms with Crippen molar-refractivity contribution in [1.29, 1.82) is 0 Å². The molecule has 1 fully saturated rings. The van der Waals surface area contributed by atoms with Gasteiger partial charge >= 0.3 is 0 Å². The van der Waals surface area contributed by atoms with E-state index in [1.54, 1.807) is 6.92 Å². The lowest BCUT2D eigenvalue weighted by Crippen LogP contribution is -2.23. The molecule has 1 N–H and O–H groups in total. The molecule has 0 bridgehead atoms. The highest BCUT2D eigenvalue weighted by Crippen LogP contribution is 2.39. The Balaban J connectivity index is 1.72. The van der Waals surface area contributed by atoms with Gasteiger partial charge in [-0.3, -0.25) is 9.48 Å². The number of aryl methyl sites for hydroxylation is 1. The van der Waals surface area contributed by atoms with Crippen molar-refractivity contribution in [1.82, 2.24) is 15.1 Å². The summed E-state index contributed by atoms with van der Waals surface area (Å²) in [5.41, 5.74) is 1.34. The molecule has 0 spiro atoms. The van der Waals surface area contributed by atoms with Crippen LogP contribution in [0.1, 0.15) is 37.8 Å². The lowest BCUT2D eigenvalue weighted by atomic mass is 10.3. The van der Waals surface area contributed by atoms with E-state index >= 15 is 0 Å². The Hall–Kier alpha value is -1.76. The van der Waals surface area contributed by atoms with Gasteiger partial charge in [0.05, 0.1) is 0 Å². The van der Waals surface area contributed by atoms with Crippen molar-refractivity contribution < 1.29 is 4.79 Å². The van der Waals surface area contributed by atoms with Gasteiger partial charge in [0.15, 0.2) is 0 Å². The molecule has 1 aliphatic rings. The van der Waals surface area contributed by atoms with Gasteiger partial charge in [-0.15, -0.1) is 0 Å². The van der Waals surface area contributed by atoms with Crippen LogP contribution in [0.5, 0.6) is 0 Å². The molecule has 1 aliphatic carbocycles. The third-order valence-electron chi connectivity index (χ3n) is 2.82. The first-order chi connectivity index (χ1) is 8.31. The molecule has 0 atom stereocenters. The number of nitrogens with one attached hydrogen (secondary N) is 1. The van der Waals surface area contributed by atoms with Crippen molar-refractivity contribution >= 4 is 5.91 Å². The molecule has 0 aromatic carbocycles. The first-order valence-corrected chi connectivity index (χ1v) is 6.03. The van der Waals surface area contributed by atoms with E-state index in [4.69, 9.17) is 0 Å². The Morgan fingerprint density at radius 2 is 2.47 bits per heavy atom. The second-order valence-electron chi connectivity index (χ2n) is 4.24. The zero-order valence-corrected chi connectivity index (χ0v) is 10.1. The number of hydrogen-bond acceptors (Lipinski definition) is 2. The fraction of sp³-hybridized carbons (Fsp3) is 0.538. The average molecular weight is 231 g/mol. The monoisotopic (exact) mass is 231 g/mol. The van der Waals surface area contributed by atoms with Gasteiger partial charge in [0.25, 0.3) is 5.91 Å². The van der Waals surface area contributed by atoms with Gasteiger partial charge in [-0.05, 0) is 38.2 Å². The Morgan fingerprint density at radius 1 is 1.65 bits per heavy atom. The van der Waals surface area contributed by atoms with Crippen molar-refractivity contribution in [3.05, 3.63) is 18.0 Å². The number of rotatable bonds is 5. The normalized spacial score (nSPS) is 13.9. The highest BCUT2D eigenvalue weighted by atomic mass is 16.1. The maximum Gasteiger partial charge on any atom is 0.295 e. The van der Waals surface area contributed by atoms with E-state index in [0.717, 1.165) is 18.9 Å². The van der Waals surface area contributed by atoms with Crippen LogP contribution in [0, 0.1) is 11.8 Å². The minimum Gasteiger partial charge on any atom is -0.345 e. The molecule has 0 saturated heterocycles. The number of hydrogen-bond donors (Lipinski definition) is 1. The van der Waals surface area contributed by atoms with E-state index in [9.17, 15) is 4.79 Å². The Kier molecular flexibility index (Phi) is 3.81. The molecule has 1 amide bonds. The second-order valence-corrected chi connectivity index (χ2v) is 4.24. The van der Waals surface area contributed by atoms with Gasteiger partial charge in [-0.1, -0.05) is 5.92 Å². The quantitative estimate of drug-likeness (QED) is 0.613. The predicted octanol–water partition coefficient (Wildman–Crippen LogP) is 1.29. The smallest absolute Gasteiger partial charge is 0.295 e. The Labute approximate surface area is 101 Å². The van der Waals surface area contributed by atoms with Crippen LogP contribution in [0.3, 0.4) is 0 Å². The molecule has 0 aliphatic heterocycles. The highest BCUT2D eigenvalue weighted by Gasteiger charge is 2.26. The molecule has 1 aromatic heterocycles. The number of nitrogens with zero attached hydrogens (tertiary/aromatic N) is 2. The summed E-state index contributed by atoms with van der Waals surface area (Å²) in [5.74, 6) is 5.55. The highest BCUT2D eigenvalue weighted by molar-refractivity contribution is 5.93. The van der Waals surface area contributed by atoms with Gasteiger partial charge in [0.1, 0.15) is 0 Å². The van der Waals surface area contributed by atoms with Crippen LogP contribution in [-0.4, -0.2) is 22.2 Å². The van der Waals surface area contributed by atoms with Crippen LogP contribution in [0.2, 0.25) is 0 Å². The maximum absolute atomic E-state index is 11.1. The Bertz CT molecular complexity index is 449. The second kappa shape index (κ2) is 5.53. The summed E-state index contributed by atoms with van der Waals surface area (Å²) < 4.78 is 2.05. The molecular formula is C13H17N3O. The van der Waals surface area contributed by atoms with Crippen LogP contribution >= 0.6 is 0 Å². The summed E-state index contributed by atoms with van der Waals surface area (Å²) in [6, 6.07) is 2.10. The summed E-state index contributed by atoms with van der Waals surface area (Å²) in [6.45, 7) is 3.17. The van der Waals surface area contributed by atoms with E-state index in [1.165, 1.54) is 18.5 Å². The van der Waals surface area contributed by atoms with Crippen molar-refractivity contribution in [2.45, 2.75) is 38.6 Å². The van der Waals surface area contributed by atoms with E-state index in [1.807, 2.05) is 6.20 Å². The summed E-state index contributed by atoms with van der Waals surface area (Å²) in [6.07, 6.45) is 5.32. The minimum absolute atomic E-state index is 0.199. The molecule has 90 valence electrons. The van der Waals surface area contributed by atoms with Gasteiger partial charge < -0.3 is 5.32 Å². The van der Waals surface area contributed by atoms with Crippen molar-refractivity contribution in [3.8, 4) is 11.8 Å². The fourth-order valence-corrected chi connectivity index (χ4v) is 1.84. The largest absolute Gasteiger partial charge is 0.345 e. The number of aromatic nitrogens is 2. The zero-order chi connectivity index (χ0) is 12.1. The molecule has 1 saturated carbocycles.